The number of halogens is 1. The van der Waals surface area contributed by atoms with Gasteiger partial charge < -0.3 is 0 Å². The number of hydrogen-bond acceptors (Lipinski definition) is 4. The van der Waals surface area contributed by atoms with Gasteiger partial charge in [-0.05, 0) is 39.8 Å². The van der Waals surface area contributed by atoms with Crippen molar-refractivity contribution < 1.29 is 8.42 Å². The lowest BCUT2D eigenvalue weighted by Crippen LogP contribution is -2.42. The Balaban J connectivity index is 2.65. The molecular weight excluding hydrogens is 298 g/mol. The molecule has 20 heavy (non-hydrogen) atoms. The molecular formula is C13H22ClN3O2S. The van der Waals surface area contributed by atoms with Gasteiger partial charge in [-0.2, -0.15) is 0 Å². The number of hydrogen-bond donors (Lipinski definition) is 1. The highest BCUT2D eigenvalue weighted by molar-refractivity contribution is 7.89. The molecule has 1 rings (SSSR count). The van der Waals surface area contributed by atoms with E-state index in [2.05, 4.69) is 42.3 Å². The minimum Gasteiger partial charge on any atom is -0.297 e. The van der Waals surface area contributed by atoms with Gasteiger partial charge in [-0.25, -0.2) is 18.1 Å². The molecule has 0 aliphatic rings. The average Bonchev–Trinajstić information content (AvgIpc) is 2.33. The first kappa shape index (κ1) is 17.4. The Morgan fingerprint density at radius 2 is 1.90 bits per heavy atom. The van der Waals surface area contributed by atoms with Crippen LogP contribution in [0.1, 0.15) is 27.7 Å². The average molecular weight is 320 g/mol. The smallest absolute Gasteiger partial charge is 0.240 e. The van der Waals surface area contributed by atoms with Gasteiger partial charge in [0.05, 0.1) is 4.90 Å². The fourth-order valence-corrected chi connectivity index (χ4v) is 3.33. The zero-order valence-electron chi connectivity index (χ0n) is 12.3. The Labute approximate surface area is 126 Å². The molecule has 0 radical (unpaired) electrons. The Hall–Kier alpha value is -0.690. The molecule has 0 aliphatic heterocycles. The maximum atomic E-state index is 12.1. The summed E-state index contributed by atoms with van der Waals surface area (Å²) in [7, 11) is -3.53. The van der Waals surface area contributed by atoms with E-state index in [0.717, 1.165) is 0 Å². The van der Waals surface area contributed by atoms with Crippen LogP contribution >= 0.6 is 11.6 Å². The Bertz CT molecular complexity index is 524. The van der Waals surface area contributed by atoms with E-state index in [4.69, 9.17) is 11.6 Å². The highest BCUT2D eigenvalue weighted by Gasteiger charge is 2.17. The number of nitrogens with one attached hydrogen (secondary N) is 1. The van der Waals surface area contributed by atoms with E-state index in [1.165, 1.54) is 18.3 Å². The van der Waals surface area contributed by atoms with Crippen LogP contribution in [0.2, 0.25) is 5.15 Å². The van der Waals surface area contributed by atoms with E-state index in [0.29, 0.717) is 25.2 Å². The first-order valence-corrected chi connectivity index (χ1v) is 8.47. The van der Waals surface area contributed by atoms with Crippen molar-refractivity contribution in [1.29, 1.82) is 0 Å². The lowest BCUT2D eigenvalue weighted by atomic mass is 10.2. The standard InChI is InChI=1S/C13H22ClN3O2S/c1-10(2)17(11(3)4)8-7-16-20(18,19)12-5-6-15-13(14)9-12/h5-6,9-11,16H,7-8H2,1-4H3. The van der Waals surface area contributed by atoms with Crippen LogP contribution in [-0.2, 0) is 10.0 Å². The van der Waals surface area contributed by atoms with Crippen molar-refractivity contribution >= 4 is 21.6 Å². The predicted molar refractivity (Wildman–Crippen MR) is 81.4 cm³/mol. The molecule has 0 bridgehead atoms. The van der Waals surface area contributed by atoms with Gasteiger partial charge in [-0.15, -0.1) is 0 Å². The second-order valence-corrected chi connectivity index (χ2v) is 7.29. The van der Waals surface area contributed by atoms with E-state index in [1.807, 2.05) is 0 Å². The van der Waals surface area contributed by atoms with Gasteiger partial charge in [0.15, 0.2) is 0 Å². The molecule has 1 aromatic rings. The number of sulfonamides is 1. The summed E-state index contributed by atoms with van der Waals surface area (Å²) >= 11 is 5.71. The summed E-state index contributed by atoms with van der Waals surface area (Å²) < 4.78 is 26.8. The van der Waals surface area contributed by atoms with Gasteiger partial charge in [0.2, 0.25) is 10.0 Å². The molecule has 1 heterocycles. The van der Waals surface area contributed by atoms with Crippen molar-refractivity contribution in [3.8, 4) is 0 Å². The summed E-state index contributed by atoms with van der Waals surface area (Å²) in [6.45, 7) is 9.40. The molecule has 0 saturated carbocycles. The summed E-state index contributed by atoms with van der Waals surface area (Å²) in [5, 5.41) is 0.166. The molecule has 1 aromatic heterocycles. The third-order valence-electron chi connectivity index (χ3n) is 3.00. The molecule has 0 fully saturated rings. The lowest BCUT2D eigenvalue weighted by Gasteiger charge is -2.30. The van der Waals surface area contributed by atoms with Gasteiger partial charge in [0.1, 0.15) is 5.15 Å². The second-order valence-electron chi connectivity index (χ2n) is 5.14. The number of rotatable bonds is 7. The Morgan fingerprint density at radius 1 is 1.30 bits per heavy atom. The second kappa shape index (κ2) is 7.36. The topological polar surface area (TPSA) is 62.3 Å². The predicted octanol–water partition coefficient (Wildman–Crippen LogP) is 2.13. The minimum atomic E-state index is -3.53. The molecule has 1 N–H and O–H groups in total. The first-order valence-electron chi connectivity index (χ1n) is 6.61. The van der Waals surface area contributed by atoms with Crippen molar-refractivity contribution in [2.24, 2.45) is 0 Å². The van der Waals surface area contributed by atoms with Gasteiger partial charge in [-0.3, -0.25) is 4.90 Å². The van der Waals surface area contributed by atoms with Gasteiger partial charge in [0, 0.05) is 31.4 Å². The monoisotopic (exact) mass is 319 g/mol. The van der Waals surface area contributed by atoms with Crippen LogP contribution in [0.15, 0.2) is 23.2 Å². The van der Waals surface area contributed by atoms with Crippen LogP contribution in [0.25, 0.3) is 0 Å². The summed E-state index contributed by atoms with van der Waals surface area (Å²) in [4.78, 5) is 6.13. The third kappa shape index (κ3) is 5.01. The molecule has 0 aliphatic carbocycles. The van der Waals surface area contributed by atoms with Gasteiger partial charge >= 0.3 is 0 Å². The van der Waals surface area contributed by atoms with Crippen LogP contribution < -0.4 is 4.72 Å². The SMILES string of the molecule is CC(C)N(CCNS(=O)(=O)c1ccnc(Cl)c1)C(C)C. The summed E-state index contributed by atoms with van der Waals surface area (Å²) in [5.74, 6) is 0. The maximum absolute atomic E-state index is 12.1. The summed E-state index contributed by atoms with van der Waals surface area (Å²) in [5.41, 5.74) is 0. The highest BCUT2D eigenvalue weighted by Crippen LogP contribution is 2.12. The molecule has 114 valence electrons. The Kier molecular flexibility index (Phi) is 6.39. The van der Waals surface area contributed by atoms with E-state index >= 15 is 0 Å². The zero-order chi connectivity index (χ0) is 15.3. The van der Waals surface area contributed by atoms with Crippen molar-refractivity contribution in [3.05, 3.63) is 23.5 Å². The maximum Gasteiger partial charge on any atom is 0.240 e. The van der Waals surface area contributed by atoms with E-state index in [9.17, 15) is 8.42 Å². The molecule has 7 heteroatoms. The molecule has 0 aromatic carbocycles. The largest absolute Gasteiger partial charge is 0.297 e. The van der Waals surface area contributed by atoms with Crippen molar-refractivity contribution in [2.75, 3.05) is 13.1 Å². The van der Waals surface area contributed by atoms with Crippen LogP contribution in [0.5, 0.6) is 0 Å². The third-order valence-corrected chi connectivity index (χ3v) is 4.66. The fraction of sp³-hybridized carbons (Fsp3) is 0.615. The van der Waals surface area contributed by atoms with E-state index in [1.54, 1.807) is 0 Å². The van der Waals surface area contributed by atoms with Crippen LogP contribution in [0.4, 0.5) is 0 Å². The molecule has 0 unspecified atom stereocenters. The van der Waals surface area contributed by atoms with Gasteiger partial charge in [-0.1, -0.05) is 11.6 Å². The Morgan fingerprint density at radius 3 is 2.40 bits per heavy atom. The van der Waals surface area contributed by atoms with Crippen LogP contribution in [0, 0.1) is 0 Å². The lowest BCUT2D eigenvalue weighted by molar-refractivity contribution is 0.179. The first-order chi connectivity index (χ1) is 9.24. The highest BCUT2D eigenvalue weighted by atomic mass is 35.5. The van der Waals surface area contributed by atoms with Crippen molar-refractivity contribution in [3.63, 3.8) is 0 Å². The minimum absolute atomic E-state index is 0.137. The van der Waals surface area contributed by atoms with E-state index in [-0.39, 0.29) is 10.0 Å². The van der Waals surface area contributed by atoms with Crippen LogP contribution in [0.3, 0.4) is 0 Å². The number of pyridine rings is 1. The van der Waals surface area contributed by atoms with Gasteiger partial charge in [0.25, 0.3) is 0 Å². The number of aromatic nitrogens is 1. The van der Waals surface area contributed by atoms with Crippen molar-refractivity contribution in [2.45, 2.75) is 44.7 Å². The van der Waals surface area contributed by atoms with Crippen LogP contribution in [-0.4, -0.2) is 43.5 Å². The summed E-state index contributed by atoms with van der Waals surface area (Å²) in [6.07, 6.45) is 1.38. The molecule has 0 atom stereocenters. The normalized spacial score (nSPS) is 12.6. The summed E-state index contributed by atoms with van der Waals surface area (Å²) in [6, 6.07) is 3.51. The molecule has 0 spiro atoms. The molecule has 0 saturated heterocycles. The molecule has 0 amide bonds. The fourth-order valence-electron chi connectivity index (χ4n) is 2.06. The molecule has 5 nitrogen and oxygen atoms in total. The van der Waals surface area contributed by atoms with E-state index < -0.39 is 10.0 Å². The number of nitrogens with zero attached hydrogens (tertiary/aromatic N) is 2. The zero-order valence-corrected chi connectivity index (χ0v) is 13.9. The quantitative estimate of drug-likeness (QED) is 0.782. The van der Waals surface area contributed by atoms with Crippen molar-refractivity contribution in [1.82, 2.24) is 14.6 Å².